The smallest absolute Gasteiger partial charge is 0.159 e. The molecule has 1 saturated heterocycles. The van der Waals surface area contributed by atoms with Crippen LogP contribution in [0.1, 0.15) is 58.3 Å². The Hall–Kier alpha value is -0.150. The molecule has 0 aliphatic carbocycles. The van der Waals surface area contributed by atoms with Crippen molar-refractivity contribution >= 4 is 17.3 Å². The van der Waals surface area contributed by atoms with Gasteiger partial charge in [-0.3, -0.25) is 0 Å². The molecule has 16 heavy (non-hydrogen) atoms. The van der Waals surface area contributed by atoms with Crippen molar-refractivity contribution in [3.05, 3.63) is 0 Å². The summed E-state index contributed by atoms with van der Waals surface area (Å²) in [4.78, 5) is 0. The number of epoxide rings is 1. The van der Waals surface area contributed by atoms with Gasteiger partial charge in [-0.2, -0.15) is 0 Å². The average Bonchev–Trinajstić information content (AvgIpc) is 3.09. The van der Waals surface area contributed by atoms with Gasteiger partial charge in [0.15, 0.2) is 5.05 Å². The first kappa shape index (κ1) is 13.9. The zero-order valence-corrected chi connectivity index (χ0v) is 11.2. The Kier molecular flexibility index (Phi) is 7.77. The van der Waals surface area contributed by atoms with Crippen LogP contribution in [-0.4, -0.2) is 24.4 Å². The predicted octanol–water partition coefficient (Wildman–Crippen LogP) is 3.87. The molecule has 1 atom stereocenters. The van der Waals surface area contributed by atoms with Gasteiger partial charge in [-0.1, -0.05) is 45.4 Å². The minimum absolute atomic E-state index is 0.326. The molecule has 0 saturated carbocycles. The van der Waals surface area contributed by atoms with Crippen molar-refractivity contribution in [1.29, 1.82) is 0 Å². The van der Waals surface area contributed by atoms with E-state index in [1.807, 2.05) is 0 Å². The maximum Gasteiger partial charge on any atom is 0.159 e. The van der Waals surface area contributed by atoms with Crippen LogP contribution >= 0.6 is 12.2 Å². The van der Waals surface area contributed by atoms with Crippen LogP contribution in [0.15, 0.2) is 0 Å². The van der Waals surface area contributed by atoms with E-state index in [1.54, 1.807) is 0 Å². The van der Waals surface area contributed by atoms with Crippen LogP contribution in [0.4, 0.5) is 0 Å². The van der Waals surface area contributed by atoms with Gasteiger partial charge in [0.1, 0.15) is 12.7 Å². The van der Waals surface area contributed by atoms with E-state index in [1.165, 1.54) is 44.9 Å². The second-order valence-corrected chi connectivity index (χ2v) is 4.97. The Morgan fingerprint density at radius 1 is 1.19 bits per heavy atom. The summed E-state index contributed by atoms with van der Waals surface area (Å²) in [5.74, 6) is 0. The third-order valence-corrected chi connectivity index (χ3v) is 3.14. The van der Waals surface area contributed by atoms with E-state index < -0.39 is 0 Å². The van der Waals surface area contributed by atoms with Gasteiger partial charge in [-0.15, -0.1) is 0 Å². The lowest BCUT2D eigenvalue weighted by atomic mass is 10.1. The largest absolute Gasteiger partial charge is 0.484 e. The molecule has 1 aliphatic heterocycles. The first-order chi connectivity index (χ1) is 7.83. The summed E-state index contributed by atoms with van der Waals surface area (Å²) in [5, 5.41) is 0.768. The number of ether oxygens (including phenoxy) is 2. The molecule has 94 valence electrons. The number of thiocarbonyl (C=S) groups is 1. The van der Waals surface area contributed by atoms with Gasteiger partial charge in [0.05, 0.1) is 6.61 Å². The van der Waals surface area contributed by atoms with E-state index in [0.29, 0.717) is 12.7 Å². The fraction of sp³-hybridized carbons (Fsp3) is 0.923. The Bertz CT molecular complexity index is 190. The highest BCUT2D eigenvalue weighted by molar-refractivity contribution is 7.80. The zero-order chi connectivity index (χ0) is 11.6. The van der Waals surface area contributed by atoms with Gasteiger partial charge in [0.25, 0.3) is 0 Å². The van der Waals surface area contributed by atoms with Crippen molar-refractivity contribution in [3.8, 4) is 0 Å². The first-order valence-corrected chi connectivity index (χ1v) is 7.01. The Balaban J connectivity index is 1.76. The van der Waals surface area contributed by atoms with Crippen molar-refractivity contribution in [2.24, 2.45) is 0 Å². The van der Waals surface area contributed by atoms with E-state index in [9.17, 15) is 0 Å². The van der Waals surface area contributed by atoms with E-state index >= 15 is 0 Å². The predicted molar refractivity (Wildman–Crippen MR) is 70.9 cm³/mol. The standard InChI is InChI=1S/C13H24O2S/c1-2-3-4-5-6-7-8-9-13(16)15-11-12-10-14-12/h12H,2-11H2,1H3. The van der Waals surface area contributed by atoms with Gasteiger partial charge in [-0.05, 0) is 18.6 Å². The monoisotopic (exact) mass is 244 g/mol. The molecular weight excluding hydrogens is 220 g/mol. The lowest BCUT2D eigenvalue weighted by Crippen LogP contribution is -2.07. The van der Waals surface area contributed by atoms with Crippen LogP contribution in [-0.2, 0) is 9.47 Å². The normalized spacial score (nSPS) is 18.4. The molecule has 1 rings (SSSR count). The summed E-state index contributed by atoms with van der Waals surface area (Å²) in [6.07, 6.45) is 10.5. The summed E-state index contributed by atoms with van der Waals surface area (Å²) in [7, 11) is 0. The summed E-state index contributed by atoms with van der Waals surface area (Å²) >= 11 is 5.14. The number of unbranched alkanes of at least 4 members (excludes halogenated alkanes) is 6. The molecule has 0 amide bonds. The number of rotatable bonds is 10. The van der Waals surface area contributed by atoms with Gasteiger partial charge >= 0.3 is 0 Å². The lowest BCUT2D eigenvalue weighted by Gasteiger charge is -2.05. The van der Waals surface area contributed by atoms with Crippen molar-refractivity contribution in [2.45, 2.75) is 64.4 Å². The van der Waals surface area contributed by atoms with Crippen molar-refractivity contribution in [1.82, 2.24) is 0 Å². The number of hydrogen-bond donors (Lipinski definition) is 0. The highest BCUT2D eigenvalue weighted by Gasteiger charge is 2.23. The zero-order valence-electron chi connectivity index (χ0n) is 10.4. The second-order valence-electron chi connectivity index (χ2n) is 4.51. The van der Waals surface area contributed by atoms with Crippen molar-refractivity contribution < 1.29 is 9.47 Å². The molecule has 0 radical (unpaired) electrons. The molecule has 3 heteroatoms. The minimum atomic E-state index is 0.326. The SMILES string of the molecule is CCCCCCCCCC(=S)OCC1CO1. The molecule has 0 N–H and O–H groups in total. The molecule has 1 fully saturated rings. The highest BCUT2D eigenvalue weighted by Crippen LogP contribution is 2.12. The Morgan fingerprint density at radius 3 is 2.44 bits per heavy atom. The summed E-state index contributed by atoms with van der Waals surface area (Å²) in [6, 6.07) is 0. The Morgan fingerprint density at radius 2 is 1.81 bits per heavy atom. The molecular formula is C13H24O2S. The molecule has 0 aromatic carbocycles. The molecule has 0 spiro atoms. The van der Waals surface area contributed by atoms with Gasteiger partial charge < -0.3 is 9.47 Å². The van der Waals surface area contributed by atoms with E-state index in [2.05, 4.69) is 6.92 Å². The Labute approximate surface area is 105 Å². The minimum Gasteiger partial charge on any atom is -0.484 e. The summed E-state index contributed by atoms with van der Waals surface area (Å²) in [6.45, 7) is 3.76. The van der Waals surface area contributed by atoms with Gasteiger partial charge in [0, 0.05) is 6.42 Å². The molecule has 0 bridgehead atoms. The van der Waals surface area contributed by atoms with Crippen LogP contribution in [0.3, 0.4) is 0 Å². The summed E-state index contributed by atoms with van der Waals surface area (Å²) in [5.41, 5.74) is 0. The quantitative estimate of drug-likeness (QED) is 0.331. The van der Waals surface area contributed by atoms with Gasteiger partial charge in [0.2, 0.25) is 0 Å². The van der Waals surface area contributed by atoms with E-state index in [-0.39, 0.29) is 0 Å². The van der Waals surface area contributed by atoms with Gasteiger partial charge in [-0.25, -0.2) is 0 Å². The third-order valence-electron chi connectivity index (χ3n) is 2.82. The molecule has 1 unspecified atom stereocenters. The van der Waals surface area contributed by atoms with E-state index in [4.69, 9.17) is 21.7 Å². The lowest BCUT2D eigenvalue weighted by molar-refractivity contribution is 0.252. The molecule has 0 aromatic heterocycles. The highest BCUT2D eigenvalue weighted by atomic mass is 32.1. The maximum atomic E-state index is 5.42. The molecule has 1 aliphatic rings. The van der Waals surface area contributed by atoms with Crippen molar-refractivity contribution in [2.75, 3.05) is 13.2 Å². The topological polar surface area (TPSA) is 21.8 Å². The molecule has 2 nitrogen and oxygen atoms in total. The van der Waals surface area contributed by atoms with Crippen LogP contribution in [0.2, 0.25) is 0 Å². The maximum absolute atomic E-state index is 5.42. The molecule has 1 heterocycles. The van der Waals surface area contributed by atoms with Crippen LogP contribution in [0.5, 0.6) is 0 Å². The van der Waals surface area contributed by atoms with Crippen LogP contribution < -0.4 is 0 Å². The first-order valence-electron chi connectivity index (χ1n) is 6.60. The van der Waals surface area contributed by atoms with E-state index in [0.717, 1.165) is 18.1 Å². The fourth-order valence-corrected chi connectivity index (χ4v) is 1.86. The third kappa shape index (κ3) is 8.05. The van der Waals surface area contributed by atoms with Crippen molar-refractivity contribution in [3.63, 3.8) is 0 Å². The second kappa shape index (κ2) is 8.94. The fourth-order valence-electron chi connectivity index (χ4n) is 1.65. The summed E-state index contributed by atoms with van der Waals surface area (Å²) < 4.78 is 10.5. The average molecular weight is 244 g/mol. The van der Waals surface area contributed by atoms with Crippen LogP contribution in [0.25, 0.3) is 0 Å². The number of hydrogen-bond acceptors (Lipinski definition) is 3. The van der Waals surface area contributed by atoms with Crippen LogP contribution in [0, 0.1) is 0 Å². The molecule has 0 aromatic rings.